The van der Waals surface area contributed by atoms with Gasteiger partial charge in [-0.1, -0.05) is 30.9 Å². The molecule has 2 heterocycles. The predicted molar refractivity (Wildman–Crippen MR) is 87.2 cm³/mol. The van der Waals surface area contributed by atoms with Crippen molar-refractivity contribution in [1.29, 1.82) is 0 Å². The van der Waals surface area contributed by atoms with Crippen molar-refractivity contribution in [2.45, 2.75) is 38.6 Å². The van der Waals surface area contributed by atoms with Crippen LogP contribution < -0.4 is 0 Å². The van der Waals surface area contributed by atoms with Crippen molar-refractivity contribution < 1.29 is 14.3 Å². The highest BCUT2D eigenvalue weighted by atomic mass is 16.7. The predicted octanol–water partition coefficient (Wildman–Crippen LogP) is 2.92. The van der Waals surface area contributed by atoms with Gasteiger partial charge in [-0.25, -0.2) is 0 Å². The molecule has 0 unspecified atom stereocenters. The van der Waals surface area contributed by atoms with E-state index >= 15 is 0 Å². The van der Waals surface area contributed by atoms with Crippen LogP contribution in [0.3, 0.4) is 0 Å². The number of ether oxygens (including phenoxy) is 2. The summed E-state index contributed by atoms with van der Waals surface area (Å²) >= 11 is 0. The highest BCUT2D eigenvalue weighted by Gasteiger charge is 2.41. The summed E-state index contributed by atoms with van der Waals surface area (Å²) in [6.45, 7) is 13.6. The Kier molecular flexibility index (Phi) is 5.59. The number of rotatable bonds is 6. The molecule has 0 aromatic heterocycles. The van der Waals surface area contributed by atoms with Gasteiger partial charge in [0.05, 0.1) is 18.6 Å². The van der Waals surface area contributed by atoms with Gasteiger partial charge in [0.2, 0.25) is 5.91 Å². The van der Waals surface area contributed by atoms with Gasteiger partial charge >= 0.3 is 0 Å². The van der Waals surface area contributed by atoms with Crippen LogP contribution in [0.4, 0.5) is 0 Å². The zero-order valence-electron chi connectivity index (χ0n) is 13.7. The zero-order chi connectivity index (χ0) is 16.2. The second-order valence-electron chi connectivity index (χ2n) is 6.36. The van der Waals surface area contributed by atoms with E-state index in [1.54, 1.807) is 6.08 Å². The van der Waals surface area contributed by atoms with Crippen molar-refractivity contribution in [2.75, 3.05) is 19.7 Å². The molecule has 2 aliphatic rings. The lowest BCUT2D eigenvalue weighted by atomic mass is 9.86. The first-order valence-electron chi connectivity index (χ1n) is 8.01. The average Bonchev–Trinajstić information content (AvgIpc) is 3.12. The zero-order valence-corrected chi connectivity index (χ0v) is 13.7. The fourth-order valence-corrected chi connectivity index (χ4v) is 3.16. The first-order valence-corrected chi connectivity index (χ1v) is 8.01. The maximum absolute atomic E-state index is 12.9. The minimum atomic E-state index is -0.602. The van der Waals surface area contributed by atoms with Gasteiger partial charge in [0.25, 0.3) is 0 Å². The molecule has 2 rings (SSSR count). The molecule has 0 spiro atoms. The Morgan fingerprint density at radius 3 is 2.50 bits per heavy atom. The van der Waals surface area contributed by atoms with E-state index in [0.717, 1.165) is 25.9 Å². The van der Waals surface area contributed by atoms with Crippen molar-refractivity contribution in [3.63, 3.8) is 0 Å². The van der Waals surface area contributed by atoms with E-state index in [9.17, 15) is 4.79 Å². The van der Waals surface area contributed by atoms with Crippen LogP contribution in [0.25, 0.3) is 0 Å². The number of carbonyl (C=O) groups is 1. The van der Waals surface area contributed by atoms with Gasteiger partial charge in [-0.3, -0.25) is 4.79 Å². The van der Waals surface area contributed by atoms with Gasteiger partial charge in [-0.05, 0) is 26.7 Å². The summed E-state index contributed by atoms with van der Waals surface area (Å²) in [6.07, 6.45) is 9.27. The highest BCUT2D eigenvalue weighted by Crippen LogP contribution is 2.33. The lowest BCUT2D eigenvalue weighted by Gasteiger charge is -2.29. The molecular weight excluding hydrogens is 278 g/mol. The van der Waals surface area contributed by atoms with Crippen LogP contribution in [0, 0.1) is 11.8 Å². The fourth-order valence-electron chi connectivity index (χ4n) is 3.16. The lowest BCUT2D eigenvalue weighted by Crippen LogP contribution is -2.40. The molecule has 1 amide bonds. The Morgan fingerprint density at radius 2 is 2.00 bits per heavy atom. The van der Waals surface area contributed by atoms with Crippen LogP contribution in [0.2, 0.25) is 0 Å². The molecule has 3 atom stereocenters. The number of likely N-dealkylation sites (tertiary alicyclic amines) is 1. The third kappa shape index (κ3) is 3.87. The SMILES string of the molecule is C=C/C=C/[C@@H](C(=O)N1CCCC1)[C@@H](C=C)[C@H]1COC(C)(C)O1. The Balaban J connectivity index is 2.18. The molecule has 0 N–H and O–H groups in total. The first-order chi connectivity index (χ1) is 10.5. The van der Waals surface area contributed by atoms with E-state index in [-0.39, 0.29) is 23.8 Å². The minimum Gasteiger partial charge on any atom is -0.348 e. The molecule has 22 heavy (non-hydrogen) atoms. The Morgan fingerprint density at radius 1 is 1.32 bits per heavy atom. The summed E-state index contributed by atoms with van der Waals surface area (Å²) in [5.41, 5.74) is 0. The minimum absolute atomic E-state index is 0.105. The largest absolute Gasteiger partial charge is 0.348 e. The van der Waals surface area contributed by atoms with Gasteiger partial charge in [-0.2, -0.15) is 0 Å². The summed E-state index contributed by atoms with van der Waals surface area (Å²) in [5.74, 6) is -0.842. The van der Waals surface area contributed by atoms with Crippen molar-refractivity contribution in [3.05, 3.63) is 37.5 Å². The molecule has 0 saturated carbocycles. The van der Waals surface area contributed by atoms with Crippen LogP contribution in [-0.4, -0.2) is 42.4 Å². The third-order valence-electron chi connectivity index (χ3n) is 4.30. The Bertz CT molecular complexity index is 449. The van der Waals surface area contributed by atoms with E-state index < -0.39 is 5.79 Å². The van der Waals surface area contributed by atoms with Gasteiger partial charge in [0.15, 0.2) is 5.79 Å². The van der Waals surface area contributed by atoms with Crippen molar-refractivity contribution in [3.8, 4) is 0 Å². The second kappa shape index (κ2) is 7.25. The maximum Gasteiger partial charge on any atom is 0.230 e. The summed E-state index contributed by atoms with van der Waals surface area (Å²) in [5, 5.41) is 0. The Labute approximate surface area is 133 Å². The van der Waals surface area contributed by atoms with E-state index in [1.165, 1.54) is 0 Å². The molecule has 0 bridgehead atoms. The van der Waals surface area contributed by atoms with Crippen molar-refractivity contribution in [2.24, 2.45) is 11.8 Å². The van der Waals surface area contributed by atoms with Crippen LogP contribution in [0.5, 0.6) is 0 Å². The lowest BCUT2D eigenvalue weighted by molar-refractivity contribution is -0.149. The van der Waals surface area contributed by atoms with Crippen LogP contribution >= 0.6 is 0 Å². The van der Waals surface area contributed by atoms with Gasteiger partial charge < -0.3 is 14.4 Å². The molecule has 122 valence electrons. The van der Waals surface area contributed by atoms with Crippen molar-refractivity contribution >= 4 is 5.91 Å². The first kappa shape index (κ1) is 17.0. The normalized spacial score (nSPS) is 27.0. The highest BCUT2D eigenvalue weighted by molar-refractivity contribution is 5.81. The fraction of sp³-hybridized carbons (Fsp3) is 0.611. The van der Waals surface area contributed by atoms with Gasteiger partial charge in [-0.15, -0.1) is 6.58 Å². The smallest absolute Gasteiger partial charge is 0.230 e. The standard InChI is InChI=1S/C18H27NO3/c1-5-7-10-15(17(20)19-11-8-9-12-19)14(6-2)16-13-21-18(3,4)22-16/h5-7,10,14-16H,1-2,8-9,11-13H2,3-4H3/b10-7+/t14-,15-,16-/m1/s1. The quantitative estimate of drug-likeness (QED) is 0.559. The maximum atomic E-state index is 12.9. The topological polar surface area (TPSA) is 38.8 Å². The van der Waals surface area contributed by atoms with Gasteiger partial charge in [0, 0.05) is 19.0 Å². The number of hydrogen-bond donors (Lipinski definition) is 0. The molecular formula is C18H27NO3. The number of allylic oxidation sites excluding steroid dienone is 2. The molecule has 4 nitrogen and oxygen atoms in total. The van der Waals surface area contributed by atoms with Crippen molar-refractivity contribution in [1.82, 2.24) is 4.90 Å². The summed E-state index contributed by atoms with van der Waals surface area (Å²) in [4.78, 5) is 14.8. The molecule has 2 fully saturated rings. The summed E-state index contributed by atoms with van der Waals surface area (Å²) in [7, 11) is 0. The molecule has 2 saturated heterocycles. The van der Waals surface area contributed by atoms with Gasteiger partial charge in [0.1, 0.15) is 0 Å². The number of amides is 1. The molecule has 2 aliphatic heterocycles. The monoisotopic (exact) mass is 305 g/mol. The van der Waals surface area contributed by atoms with Crippen LogP contribution in [0.15, 0.2) is 37.5 Å². The average molecular weight is 305 g/mol. The molecule has 0 aromatic rings. The van der Waals surface area contributed by atoms with E-state index in [4.69, 9.17) is 9.47 Å². The second-order valence-corrected chi connectivity index (χ2v) is 6.36. The molecule has 0 radical (unpaired) electrons. The molecule has 0 aliphatic carbocycles. The van der Waals surface area contributed by atoms with Crippen LogP contribution in [0.1, 0.15) is 26.7 Å². The van der Waals surface area contributed by atoms with E-state index in [2.05, 4.69) is 13.2 Å². The Hall–Kier alpha value is -1.39. The number of hydrogen-bond acceptors (Lipinski definition) is 3. The van der Waals surface area contributed by atoms with E-state index in [0.29, 0.717) is 6.61 Å². The summed E-state index contributed by atoms with van der Waals surface area (Å²) < 4.78 is 11.6. The number of nitrogens with zero attached hydrogens (tertiary/aromatic N) is 1. The third-order valence-corrected chi connectivity index (χ3v) is 4.30. The van der Waals surface area contributed by atoms with E-state index in [1.807, 2.05) is 37.0 Å². The molecule has 0 aromatic carbocycles. The molecule has 4 heteroatoms. The van der Waals surface area contributed by atoms with Crippen LogP contribution in [-0.2, 0) is 14.3 Å². The number of carbonyl (C=O) groups excluding carboxylic acids is 1. The summed E-state index contributed by atoms with van der Waals surface area (Å²) in [6, 6.07) is 0.